The topological polar surface area (TPSA) is 21.3 Å². The van der Waals surface area contributed by atoms with Gasteiger partial charge in [0, 0.05) is 34.8 Å². The molecule has 0 saturated carbocycles. The Balaban J connectivity index is 1.86. The number of thioether (sulfide) groups is 1. The van der Waals surface area contributed by atoms with E-state index in [0.29, 0.717) is 28.7 Å². The van der Waals surface area contributed by atoms with Crippen LogP contribution >= 0.6 is 35.0 Å². The zero-order valence-electron chi connectivity index (χ0n) is 9.92. The predicted octanol–water partition coefficient (Wildman–Crippen LogP) is 3.91. The van der Waals surface area contributed by atoms with Crippen molar-refractivity contribution >= 4 is 35.0 Å². The van der Waals surface area contributed by atoms with E-state index in [0.717, 1.165) is 17.7 Å². The molecule has 3 rings (SSSR count). The maximum absolute atomic E-state index is 6.19. The summed E-state index contributed by atoms with van der Waals surface area (Å²) in [5, 5.41) is 5.00. The number of fused-ring (bicyclic) bond motifs is 1. The monoisotopic (exact) mass is 303 g/mol. The van der Waals surface area contributed by atoms with Crippen LogP contribution in [0.1, 0.15) is 24.4 Å². The summed E-state index contributed by atoms with van der Waals surface area (Å²) in [6.07, 6.45) is 2.22. The van der Waals surface area contributed by atoms with E-state index < -0.39 is 0 Å². The SMILES string of the molecule is Clc1cc(Cl)c2c(c1)C(NC1CCSC1)CCO2. The van der Waals surface area contributed by atoms with Crippen LogP contribution < -0.4 is 10.1 Å². The Bertz CT molecular complexity index is 449. The molecule has 0 spiro atoms. The van der Waals surface area contributed by atoms with Gasteiger partial charge in [-0.15, -0.1) is 0 Å². The quantitative estimate of drug-likeness (QED) is 0.895. The Morgan fingerprint density at radius 2 is 2.17 bits per heavy atom. The van der Waals surface area contributed by atoms with Gasteiger partial charge in [-0.05, 0) is 24.3 Å². The largest absolute Gasteiger partial charge is 0.492 e. The highest BCUT2D eigenvalue weighted by Gasteiger charge is 2.27. The van der Waals surface area contributed by atoms with Crippen molar-refractivity contribution in [2.45, 2.75) is 24.9 Å². The first-order valence-electron chi connectivity index (χ1n) is 6.19. The van der Waals surface area contributed by atoms with Crippen molar-refractivity contribution < 1.29 is 4.74 Å². The summed E-state index contributed by atoms with van der Waals surface area (Å²) in [7, 11) is 0. The smallest absolute Gasteiger partial charge is 0.142 e. The zero-order valence-corrected chi connectivity index (χ0v) is 12.2. The first kappa shape index (κ1) is 12.9. The van der Waals surface area contributed by atoms with Gasteiger partial charge in [0.1, 0.15) is 5.75 Å². The molecular formula is C13H15Cl2NOS. The number of hydrogen-bond donors (Lipinski definition) is 1. The van der Waals surface area contributed by atoms with Crippen LogP contribution in [-0.4, -0.2) is 24.2 Å². The summed E-state index contributed by atoms with van der Waals surface area (Å²) < 4.78 is 5.67. The molecule has 1 aromatic rings. The highest BCUT2D eigenvalue weighted by molar-refractivity contribution is 7.99. The van der Waals surface area contributed by atoms with Gasteiger partial charge in [-0.2, -0.15) is 11.8 Å². The molecule has 1 N–H and O–H groups in total. The van der Waals surface area contributed by atoms with Crippen LogP contribution in [-0.2, 0) is 0 Å². The van der Waals surface area contributed by atoms with Gasteiger partial charge in [0.05, 0.1) is 11.6 Å². The third-order valence-electron chi connectivity index (χ3n) is 3.43. The molecule has 2 atom stereocenters. The second-order valence-electron chi connectivity index (χ2n) is 4.72. The summed E-state index contributed by atoms with van der Waals surface area (Å²) in [5.41, 5.74) is 1.11. The van der Waals surface area contributed by atoms with Crippen LogP contribution in [0.2, 0.25) is 10.0 Å². The molecular weight excluding hydrogens is 289 g/mol. The van der Waals surface area contributed by atoms with Crippen molar-refractivity contribution in [3.63, 3.8) is 0 Å². The van der Waals surface area contributed by atoms with Crippen LogP contribution in [0.15, 0.2) is 12.1 Å². The van der Waals surface area contributed by atoms with Gasteiger partial charge in [0.15, 0.2) is 0 Å². The van der Waals surface area contributed by atoms with E-state index >= 15 is 0 Å². The summed E-state index contributed by atoms with van der Waals surface area (Å²) in [5.74, 6) is 3.25. The van der Waals surface area contributed by atoms with E-state index in [4.69, 9.17) is 27.9 Å². The Morgan fingerprint density at radius 1 is 1.28 bits per heavy atom. The fourth-order valence-corrected chi connectivity index (χ4v) is 4.28. The van der Waals surface area contributed by atoms with Crippen molar-refractivity contribution in [1.82, 2.24) is 5.32 Å². The summed E-state index contributed by atoms with van der Waals surface area (Å²) >= 11 is 14.3. The molecule has 18 heavy (non-hydrogen) atoms. The van der Waals surface area contributed by atoms with E-state index in [-0.39, 0.29) is 0 Å². The molecule has 0 aliphatic carbocycles. The van der Waals surface area contributed by atoms with Gasteiger partial charge in [-0.25, -0.2) is 0 Å². The fourth-order valence-electron chi connectivity index (χ4n) is 2.55. The maximum Gasteiger partial charge on any atom is 0.142 e. The lowest BCUT2D eigenvalue weighted by atomic mass is 9.99. The van der Waals surface area contributed by atoms with E-state index in [2.05, 4.69) is 5.32 Å². The van der Waals surface area contributed by atoms with Gasteiger partial charge in [0.25, 0.3) is 0 Å². The van der Waals surface area contributed by atoms with Gasteiger partial charge in [0.2, 0.25) is 0 Å². The summed E-state index contributed by atoms with van der Waals surface area (Å²) in [6.45, 7) is 0.714. The predicted molar refractivity (Wildman–Crippen MR) is 78.2 cm³/mol. The molecule has 1 saturated heterocycles. The first-order chi connectivity index (χ1) is 8.74. The van der Waals surface area contributed by atoms with Crippen molar-refractivity contribution in [1.29, 1.82) is 0 Å². The van der Waals surface area contributed by atoms with Crippen LogP contribution in [0.3, 0.4) is 0 Å². The standard InChI is InChI=1S/C13H15Cl2NOS/c14-8-5-10-12(16-9-2-4-18-7-9)1-3-17-13(10)11(15)6-8/h5-6,9,12,16H,1-4,7H2. The molecule has 1 aromatic carbocycles. The Kier molecular flexibility index (Phi) is 3.94. The lowest BCUT2D eigenvalue weighted by Crippen LogP contribution is -2.35. The fraction of sp³-hybridized carbons (Fsp3) is 0.538. The zero-order chi connectivity index (χ0) is 12.5. The van der Waals surface area contributed by atoms with E-state index in [1.807, 2.05) is 17.8 Å². The lowest BCUT2D eigenvalue weighted by molar-refractivity contribution is 0.246. The summed E-state index contributed by atoms with van der Waals surface area (Å²) in [6, 6.07) is 4.63. The second kappa shape index (κ2) is 5.49. The van der Waals surface area contributed by atoms with Gasteiger partial charge < -0.3 is 10.1 Å². The maximum atomic E-state index is 6.19. The first-order valence-corrected chi connectivity index (χ1v) is 8.10. The highest BCUT2D eigenvalue weighted by Crippen LogP contribution is 2.40. The highest BCUT2D eigenvalue weighted by atomic mass is 35.5. The summed E-state index contributed by atoms with van der Waals surface area (Å²) in [4.78, 5) is 0. The molecule has 2 heterocycles. The molecule has 2 nitrogen and oxygen atoms in total. The van der Waals surface area contributed by atoms with E-state index in [1.165, 1.54) is 17.9 Å². The molecule has 2 aliphatic heterocycles. The average Bonchev–Trinajstić information content (AvgIpc) is 2.83. The minimum Gasteiger partial charge on any atom is -0.492 e. The molecule has 2 unspecified atom stereocenters. The van der Waals surface area contributed by atoms with Crippen LogP contribution in [0, 0.1) is 0 Å². The molecule has 0 aromatic heterocycles. The number of rotatable bonds is 2. The van der Waals surface area contributed by atoms with E-state index in [1.54, 1.807) is 6.07 Å². The van der Waals surface area contributed by atoms with Crippen molar-refractivity contribution in [2.75, 3.05) is 18.1 Å². The van der Waals surface area contributed by atoms with Gasteiger partial charge >= 0.3 is 0 Å². The van der Waals surface area contributed by atoms with E-state index in [9.17, 15) is 0 Å². The van der Waals surface area contributed by atoms with Crippen LogP contribution in [0.4, 0.5) is 0 Å². The molecule has 5 heteroatoms. The molecule has 0 amide bonds. The Labute approximate surface area is 121 Å². The molecule has 98 valence electrons. The number of hydrogen-bond acceptors (Lipinski definition) is 3. The Morgan fingerprint density at radius 3 is 2.94 bits per heavy atom. The van der Waals surface area contributed by atoms with Gasteiger partial charge in [-0.1, -0.05) is 23.2 Å². The number of halogens is 2. The van der Waals surface area contributed by atoms with Crippen molar-refractivity contribution in [3.8, 4) is 5.75 Å². The minimum atomic E-state index is 0.314. The van der Waals surface area contributed by atoms with Crippen LogP contribution in [0.25, 0.3) is 0 Å². The Hall–Kier alpha value is -0.0900. The third kappa shape index (κ3) is 2.60. The molecule has 0 bridgehead atoms. The average molecular weight is 304 g/mol. The number of ether oxygens (including phenoxy) is 1. The number of benzene rings is 1. The third-order valence-corrected chi connectivity index (χ3v) is 5.09. The van der Waals surface area contributed by atoms with Crippen molar-refractivity contribution in [3.05, 3.63) is 27.7 Å². The molecule has 0 radical (unpaired) electrons. The lowest BCUT2D eigenvalue weighted by Gasteiger charge is -2.29. The van der Waals surface area contributed by atoms with Gasteiger partial charge in [-0.3, -0.25) is 0 Å². The second-order valence-corrected chi connectivity index (χ2v) is 6.72. The minimum absolute atomic E-state index is 0.314. The number of nitrogens with one attached hydrogen (secondary N) is 1. The van der Waals surface area contributed by atoms with Crippen molar-refractivity contribution in [2.24, 2.45) is 0 Å². The van der Waals surface area contributed by atoms with Crippen LogP contribution in [0.5, 0.6) is 5.75 Å². The molecule has 1 fully saturated rings. The molecule has 2 aliphatic rings. The normalized spacial score (nSPS) is 26.8.